The van der Waals surface area contributed by atoms with Crippen molar-refractivity contribution in [2.45, 2.75) is 26.2 Å². The van der Waals surface area contributed by atoms with Gasteiger partial charge in [0.2, 0.25) is 0 Å². The molecule has 0 unspecified atom stereocenters. The molecular weight excluding hydrogens is 284 g/mol. The Kier molecular flexibility index (Phi) is 6.27. The summed E-state index contributed by atoms with van der Waals surface area (Å²) in [4.78, 5) is 9.96. The lowest BCUT2D eigenvalue weighted by molar-refractivity contribution is 0.507. The van der Waals surface area contributed by atoms with Gasteiger partial charge in [-0.25, -0.2) is 4.98 Å². The third-order valence-electron chi connectivity index (χ3n) is 3.05. The van der Waals surface area contributed by atoms with Gasteiger partial charge in [0, 0.05) is 44.1 Å². The van der Waals surface area contributed by atoms with Gasteiger partial charge in [0.25, 0.3) is 0 Å². The van der Waals surface area contributed by atoms with Crippen LogP contribution in [0.25, 0.3) is 0 Å². The highest BCUT2D eigenvalue weighted by atomic mass is 32.1. The molecule has 2 rings (SSSR count). The zero-order valence-electron chi connectivity index (χ0n) is 12.6. The summed E-state index contributed by atoms with van der Waals surface area (Å²) in [6.45, 7) is 3.78. The first-order chi connectivity index (χ1) is 10.3. The molecule has 0 atom stereocenters. The molecule has 2 heterocycles. The molecule has 0 saturated heterocycles. The molecule has 0 radical (unpaired) electrons. The van der Waals surface area contributed by atoms with Crippen molar-refractivity contribution >= 4 is 17.3 Å². The number of furan rings is 1. The van der Waals surface area contributed by atoms with E-state index in [4.69, 9.17) is 4.42 Å². The lowest BCUT2D eigenvalue weighted by Gasteiger charge is -2.10. The molecule has 0 saturated carbocycles. The van der Waals surface area contributed by atoms with E-state index in [-0.39, 0.29) is 0 Å². The zero-order valence-corrected chi connectivity index (χ0v) is 13.4. The van der Waals surface area contributed by atoms with E-state index < -0.39 is 0 Å². The number of aliphatic imine (C=N–C) groups is 1. The maximum Gasteiger partial charge on any atom is 0.191 e. The molecule has 0 amide bonds. The summed E-state index contributed by atoms with van der Waals surface area (Å²) in [5.74, 6) is 1.79. The van der Waals surface area contributed by atoms with Crippen molar-refractivity contribution < 1.29 is 4.42 Å². The highest BCUT2D eigenvalue weighted by Gasteiger charge is 2.02. The van der Waals surface area contributed by atoms with Gasteiger partial charge in [0.1, 0.15) is 5.76 Å². The van der Waals surface area contributed by atoms with Crippen molar-refractivity contribution in [3.8, 4) is 0 Å². The lowest BCUT2D eigenvalue weighted by atomic mass is 10.3. The molecule has 6 heteroatoms. The second kappa shape index (κ2) is 8.46. The summed E-state index contributed by atoms with van der Waals surface area (Å²) in [7, 11) is 1.78. The summed E-state index contributed by atoms with van der Waals surface area (Å²) in [6.07, 6.45) is 6.49. The Hall–Kier alpha value is -1.82. The lowest BCUT2D eigenvalue weighted by Crippen LogP contribution is -2.39. The third kappa shape index (κ3) is 5.23. The minimum Gasteiger partial charge on any atom is -0.469 e. The normalized spacial score (nSPS) is 11.6. The number of hydrogen-bond donors (Lipinski definition) is 2. The maximum absolute atomic E-state index is 5.29. The summed E-state index contributed by atoms with van der Waals surface area (Å²) < 4.78 is 5.29. The number of hydrogen-bond acceptors (Lipinski definition) is 4. The number of nitrogens with zero attached hydrogens (tertiary/aromatic N) is 2. The van der Waals surface area contributed by atoms with Crippen LogP contribution in [-0.2, 0) is 19.3 Å². The predicted octanol–water partition coefficient (Wildman–Crippen LogP) is 2.25. The molecule has 0 aliphatic heterocycles. The van der Waals surface area contributed by atoms with Gasteiger partial charge in [0.05, 0.1) is 11.3 Å². The number of guanidine groups is 1. The second-order valence-corrected chi connectivity index (χ2v) is 5.78. The molecular formula is C15H22N4OS. The fourth-order valence-corrected chi connectivity index (χ4v) is 2.76. The second-order valence-electron chi connectivity index (χ2n) is 4.58. The minimum absolute atomic E-state index is 0.796. The molecule has 0 aromatic carbocycles. The molecule has 2 aromatic heterocycles. The van der Waals surface area contributed by atoms with Crippen molar-refractivity contribution in [3.63, 3.8) is 0 Å². The van der Waals surface area contributed by atoms with Crippen LogP contribution in [0.3, 0.4) is 0 Å². The monoisotopic (exact) mass is 306 g/mol. The smallest absolute Gasteiger partial charge is 0.191 e. The maximum atomic E-state index is 5.29. The van der Waals surface area contributed by atoms with Crippen LogP contribution in [0.5, 0.6) is 0 Å². The van der Waals surface area contributed by atoms with Gasteiger partial charge in [0.15, 0.2) is 5.96 Å². The largest absolute Gasteiger partial charge is 0.469 e. The third-order valence-corrected chi connectivity index (χ3v) is 4.25. The van der Waals surface area contributed by atoms with Crippen LogP contribution in [-0.4, -0.2) is 31.1 Å². The fraction of sp³-hybridized carbons (Fsp3) is 0.467. The Labute approximate surface area is 129 Å². The van der Waals surface area contributed by atoms with Gasteiger partial charge in [-0.3, -0.25) is 4.99 Å². The van der Waals surface area contributed by atoms with E-state index in [0.29, 0.717) is 0 Å². The van der Waals surface area contributed by atoms with Crippen molar-refractivity contribution in [1.29, 1.82) is 0 Å². The topological polar surface area (TPSA) is 62.5 Å². The van der Waals surface area contributed by atoms with Crippen molar-refractivity contribution in [3.05, 3.63) is 40.2 Å². The van der Waals surface area contributed by atoms with E-state index in [1.165, 1.54) is 9.88 Å². The van der Waals surface area contributed by atoms with Crippen LogP contribution in [0.15, 0.2) is 34.0 Å². The molecule has 0 fully saturated rings. The Bertz CT molecular complexity index is 548. The van der Waals surface area contributed by atoms with Crippen LogP contribution in [0, 0.1) is 0 Å². The molecule has 0 aliphatic rings. The van der Waals surface area contributed by atoms with E-state index in [0.717, 1.165) is 44.1 Å². The molecule has 0 spiro atoms. The molecule has 2 aromatic rings. The highest BCUT2D eigenvalue weighted by Crippen LogP contribution is 2.13. The Morgan fingerprint density at radius 1 is 1.33 bits per heavy atom. The molecule has 0 bridgehead atoms. The summed E-state index contributed by atoms with van der Waals surface area (Å²) in [5.41, 5.74) is 0. The molecule has 2 N–H and O–H groups in total. The number of aryl methyl sites for hydroxylation is 1. The van der Waals surface area contributed by atoms with Gasteiger partial charge in [-0.2, -0.15) is 0 Å². The summed E-state index contributed by atoms with van der Waals surface area (Å²) in [6, 6.07) is 3.88. The standard InChI is InChI=1S/C15H22N4OS/c1-3-13-11-19-14(21-13)7-9-18-15(16-2)17-8-6-12-5-4-10-20-12/h4-5,10-11H,3,6-9H2,1-2H3,(H2,16,17,18). The van der Waals surface area contributed by atoms with E-state index in [2.05, 4.69) is 27.5 Å². The number of aromatic nitrogens is 1. The average Bonchev–Trinajstić information content (AvgIpc) is 3.17. The van der Waals surface area contributed by atoms with Crippen LogP contribution in [0.4, 0.5) is 0 Å². The van der Waals surface area contributed by atoms with Gasteiger partial charge < -0.3 is 15.1 Å². The summed E-state index contributed by atoms with van der Waals surface area (Å²) >= 11 is 1.78. The number of nitrogens with one attached hydrogen (secondary N) is 2. The first-order valence-corrected chi connectivity index (χ1v) is 8.04. The molecule has 21 heavy (non-hydrogen) atoms. The van der Waals surface area contributed by atoms with E-state index in [9.17, 15) is 0 Å². The van der Waals surface area contributed by atoms with Crippen LogP contribution >= 0.6 is 11.3 Å². The Morgan fingerprint density at radius 3 is 2.76 bits per heavy atom. The van der Waals surface area contributed by atoms with Gasteiger partial charge in [-0.15, -0.1) is 11.3 Å². The Balaban J connectivity index is 1.65. The van der Waals surface area contributed by atoms with Crippen molar-refractivity contribution in [2.75, 3.05) is 20.1 Å². The van der Waals surface area contributed by atoms with Crippen LogP contribution < -0.4 is 10.6 Å². The van der Waals surface area contributed by atoms with E-state index in [1.54, 1.807) is 24.6 Å². The van der Waals surface area contributed by atoms with Gasteiger partial charge in [-0.05, 0) is 18.6 Å². The van der Waals surface area contributed by atoms with Gasteiger partial charge >= 0.3 is 0 Å². The summed E-state index contributed by atoms with van der Waals surface area (Å²) in [5, 5.41) is 7.74. The number of thiazole rings is 1. The highest BCUT2D eigenvalue weighted by molar-refractivity contribution is 7.11. The first-order valence-electron chi connectivity index (χ1n) is 7.22. The van der Waals surface area contributed by atoms with Crippen molar-refractivity contribution in [2.24, 2.45) is 4.99 Å². The molecule has 114 valence electrons. The Morgan fingerprint density at radius 2 is 2.14 bits per heavy atom. The van der Waals surface area contributed by atoms with E-state index in [1.807, 2.05) is 18.3 Å². The average molecular weight is 306 g/mol. The zero-order chi connectivity index (χ0) is 14.9. The van der Waals surface area contributed by atoms with Gasteiger partial charge in [-0.1, -0.05) is 6.92 Å². The SMILES string of the molecule is CCc1cnc(CCNC(=NC)NCCc2ccco2)s1. The first kappa shape index (κ1) is 15.6. The van der Waals surface area contributed by atoms with Crippen LogP contribution in [0.1, 0.15) is 22.6 Å². The van der Waals surface area contributed by atoms with E-state index >= 15 is 0 Å². The predicted molar refractivity (Wildman–Crippen MR) is 87.0 cm³/mol. The fourth-order valence-electron chi connectivity index (χ4n) is 1.89. The quantitative estimate of drug-likeness (QED) is 0.608. The van der Waals surface area contributed by atoms with Crippen molar-refractivity contribution in [1.82, 2.24) is 15.6 Å². The molecule has 5 nitrogen and oxygen atoms in total. The van der Waals surface area contributed by atoms with Crippen LogP contribution in [0.2, 0.25) is 0 Å². The minimum atomic E-state index is 0.796. The number of rotatable bonds is 7. The molecule has 0 aliphatic carbocycles.